The highest BCUT2D eigenvalue weighted by Gasteiger charge is 2.40. The molecule has 43 heavy (non-hydrogen) atoms. The Labute approximate surface area is 253 Å². The molecular weight excluding hydrogens is 563 g/mol. The monoisotopic (exact) mass is 612 g/mol. The second-order valence-corrected chi connectivity index (χ2v) is 11.1. The molecule has 11 nitrogen and oxygen atoms in total. The summed E-state index contributed by atoms with van der Waals surface area (Å²) in [6, 6.07) is 0. The topological polar surface area (TPSA) is 132 Å². The van der Waals surface area contributed by atoms with Crippen molar-refractivity contribution in [2.24, 2.45) is 0 Å². The fourth-order valence-corrected chi connectivity index (χ4v) is 4.83. The van der Waals surface area contributed by atoms with Gasteiger partial charge in [-0.15, -0.1) is 0 Å². The molecule has 2 rings (SSSR count). The van der Waals surface area contributed by atoms with Gasteiger partial charge in [0.05, 0.1) is 6.20 Å². The molecule has 0 unspecified atom stereocenters. The zero-order chi connectivity index (χ0) is 31.6. The average molecular weight is 613 g/mol. The maximum absolute atomic E-state index is 14.7. The number of halogens is 1. The first-order valence-electron chi connectivity index (χ1n) is 15.9. The first kappa shape index (κ1) is 36.2. The number of unbranched alkanes of at least 4 members (excludes halogenated alkanes) is 9. The number of hydrogen-bond acceptors (Lipinski definition) is 9. The molecule has 0 aliphatic carbocycles. The summed E-state index contributed by atoms with van der Waals surface area (Å²) < 4.78 is 38.1. The van der Waals surface area contributed by atoms with Crippen LogP contribution in [-0.4, -0.2) is 45.9 Å². The maximum atomic E-state index is 14.7. The van der Waals surface area contributed by atoms with Gasteiger partial charge in [-0.25, -0.2) is 9.36 Å². The van der Waals surface area contributed by atoms with Crippen molar-refractivity contribution in [2.45, 2.75) is 149 Å². The molecule has 0 aromatic carbocycles. The number of rotatable bonds is 21. The van der Waals surface area contributed by atoms with Crippen LogP contribution in [0.2, 0.25) is 0 Å². The third-order valence-electron chi connectivity index (χ3n) is 7.39. The highest BCUT2D eigenvalue weighted by Crippen LogP contribution is 2.31. The quantitative estimate of drug-likeness (QED) is 0.103. The van der Waals surface area contributed by atoms with Crippen LogP contribution >= 0.6 is 0 Å². The summed E-state index contributed by atoms with van der Waals surface area (Å²) in [7, 11) is 0. The summed E-state index contributed by atoms with van der Waals surface area (Å²) in [5.74, 6) is -2.71. The van der Waals surface area contributed by atoms with E-state index in [4.69, 9.17) is 18.9 Å². The summed E-state index contributed by atoms with van der Waals surface area (Å²) in [4.78, 5) is 62.6. The second kappa shape index (κ2) is 20.0. The Morgan fingerprint density at radius 2 is 1.35 bits per heavy atom. The van der Waals surface area contributed by atoms with Crippen LogP contribution in [0.25, 0.3) is 0 Å². The van der Waals surface area contributed by atoms with Crippen LogP contribution in [0.5, 0.6) is 0 Å². The first-order valence-corrected chi connectivity index (χ1v) is 15.9. The number of carbonyl (C=O) groups excluding carboxylic acids is 3. The lowest BCUT2D eigenvalue weighted by Gasteiger charge is -2.19. The Balaban J connectivity index is 2.14. The minimum atomic E-state index is -1.24. The molecule has 244 valence electrons. The van der Waals surface area contributed by atoms with Crippen LogP contribution in [0.15, 0.2) is 15.8 Å². The van der Waals surface area contributed by atoms with E-state index in [0.717, 1.165) is 68.6 Å². The lowest BCUT2D eigenvalue weighted by atomic mass is 10.1. The van der Waals surface area contributed by atoms with E-state index in [2.05, 4.69) is 13.8 Å². The van der Waals surface area contributed by atoms with Gasteiger partial charge in [0.15, 0.2) is 6.73 Å². The van der Waals surface area contributed by atoms with E-state index in [0.29, 0.717) is 23.8 Å². The molecule has 1 aromatic rings. The van der Waals surface area contributed by atoms with Crippen molar-refractivity contribution in [3.05, 3.63) is 32.9 Å². The minimum Gasteiger partial charge on any atom is -0.463 e. The number of nitrogens with zero attached hydrogens (tertiary/aromatic N) is 2. The molecule has 0 radical (unpaired) electrons. The van der Waals surface area contributed by atoms with Crippen LogP contribution in [0.4, 0.5) is 4.39 Å². The van der Waals surface area contributed by atoms with Gasteiger partial charge in [0, 0.05) is 25.7 Å². The van der Waals surface area contributed by atoms with Crippen LogP contribution < -0.4 is 11.2 Å². The van der Waals surface area contributed by atoms with Crippen molar-refractivity contribution >= 4 is 17.9 Å². The van der Waals surface area contributed by atoms with Gasteiger partial charge in [0.2, 0.25) is 5.82 Å². The number of aromatic nitrogens is 2. The van der Waals surface area contributed by atoms with E-state index in [-0.39, 0.29) is 32.3 Å². The molecule has 0 bridgehead atoms. The number of ether oxygens (including phenoxy) is 4. The Morgan fingerprint density at radius 3 is 1.91 bits per heavy atom. The van der Waals surface area contributed by atoms with E-state index in [9.17, 15) is 28.4 Å². The standard InChI is InChI=1S/C31H49FN2O9/c1-4-7-10-13-16-27(35)40-21-25-24(43-29(37)18-15-12-9-6-3)19-26(42-25)33-20-23(32)30(38)34(31(33)39)22-41-28(36)17-14-11-8-5-2/h20,24-26H,4-19,21-22H2,1-3H3/t24-,25+,26+/m0/s1. The lowest BCUT2D eigenvalue weighted by Crippen LogP contribution is -2.43. The summed E-state index contributed by atoms with van der Waals surface area (Å²) in [5, 5.41) is 0. The Kier molecular flexibility index (Phi) is 16.9. The average Bonchev–Trinajstić information content (AvgIpc) is 3.38. The fourth-order valence-electron chi connectivity index (χ4n) is 4.83. The minimum absolute atomic E-state index is 0.0335. The molecule has 0 N–H and O–H groups in total. The SMILES string of the molecule is CCCCCCC(=O)OC[C@H]1O[C@@H](n2cc(F)c(=O)n(COC(=O)CCCCCC)c2=O)C[C@@H]1OC(=O)CCCCCC. The largest absolute Gasteiger partial charge is 0.463 e. The smallest absolute Gasteiger partial charge is 0.336 e. The van der Waals surface area contributed by atoms with E-state index >= 15 is 0 Å². The van der Waals surface area contributed by atoms with Gasteiger partial charge in [-0.05, 0) is 19.3 Å². The van der Waals surface area contributed by atoms with E-state index in [1.165, 1.54) is 0 Å². The number of hydrogen-bond donors (Lipinski definition) is 0. The van der Waals surface area contributed by atoms with Crippen molar-refractivity contribution in [1.29, 1.82) is 0 Å². The van der Waals surface area contributed by atoms with E-state index in [1.54, 1.807) is 0 Å². The molecule has 1 aromatic heterocycles. The van der Waals surface area contributed by atoms with Gasteiger partial charge < -0.3 is 18.9 Å². The molecule has 1 saturated heterocycles. The molecular formula is C31H49FN2O9. The van der Waals surface area contributed by atoms with Gasteiger partial charge in [-0.3, -0.25) is 23.7 Å². The molecule has 3 atom stereocenters. The molecule has 1 aliphatic rings. The van der Waals surface area contributed by atoms with Gasteiger partial charge >= 0.3 is 23.6 Å². The van der Waals surface area contributed by atoms with Crippen molar-refractivity contribution in [1.82, 2.24) is 9.13 Å². The zero-order valence-corrected chi connectivity index (χ0v) is 26.0. The lowest BCUT2D eigenvalue weighted by molar-refractivity contribution is -0.158. The Morgan fingerprint density at radius 1 is 0.814 bits per heavy atom. The molecule has 0 spiro atoms. The van der Waals surface area contributed by atoms with Crippen LogP contribution in [0, 0.1) is 5.82 Å². The maximum Gasteiger partial charge on any atom is 0.336 e. The summed E-state index contributed by atoms with van der Waals surface area (Å²) in [6.45, 7) is 5.21. The van der Waals surface area contributed by atoms with Gasteiger partial charge in [0.1, 0.15) is 25.0 Å². The van der Waals surface area contributed by atoms with Crippen LogP contribution in [0.1, 0.15) is 130 Å². The highest BCUT2D eigenvalue weighted by molar-refractivity contribution is 5.70. The van der Waals surface area contributed by atoms with Gasteiger partial charge in [-0.1, -0.05) is 78.6 Å². The van der Waals surface area contributed by atoms with Gasteiger partial charge in [0.25, 0.3) is 5.56 Å². The summed E-state index contributed by atoms with van der Waals surface area (Å²) in [5.41, 5.74) is -2.19. The van der Waals surface area contributed by atoms with E-state index in [1.807, 2.05) is 6.92 Å². The van der Waals surface area contributed by atoms with E-state index < -0.39 is 60.1 Å². The van der Waals surface area contributed by atoms with Crippen LogP contribution in [0.3, 0.4) is 0 Å². The first-order chi connectivity index (χ1) is 20.7. The molecule has 1 fully saturated rings. The van der Waals surface area contributed by atoms with Crippen molar-refractivity contribution in [3.63, 3.8) is 0 Å². The second-order valence-electron chi connectivity index (χ2n) is 11.1. The Hall–Kier alpha value is -3.02. The summed E-state index contributed by atoms with van der Waals surface area (Å²) in [6.07, 6.45) is 8.99. The number of esters is 3. The van der Waals surface area contributed by atoms with Crippen LogP contribution in [-0.2, 0) is 40.1 Å². The fraction of sp³-hybridized carbons (Fsp3) is 0.774. The highest BCUT2D eigenvalue weighted by atomic mass is 19.1. The molecule has 12 heteroatoms. The molecule has 0 amide bonds. The summed E-state index contributed by atoms with van der Waals surface area (Å²) >= 11 is 0. The predicted molar refractivity (Wildman–Crippen MR) is 157 cm³/mol. The Bertz CT molecular complexity index is 1130. The van der Waals surface area contributed by atoms with Crippen molar-refractivity contribution < 1.29 is 37.7 Å². The zero-order valence-electron chi connectivity index (χ0n) is 26.0. The molecule has 1 aliphatic heterocycles. The normalized spacial score (nSPS) is 18.0. The molecule has 0 saturated carbocycles. The van der Waals surface area contributed by atoms with Crippen molar-refractivity contribution in [3.8, 4) is 0 Å². The molecule has 2 heterocycles. The third kappa shape index (κ3) is 12.6. The third-order valence-corrected chi connectivity index (χ3v) is 7.39. The predicted octanol–water partition coefficient (Wildman–Crippen LogP) is 5.30. The number of carbonyl (C=O) groups is 3. The van der Waals surface area contributed by atoms with Gasteiger partial charge in [-0.2, -0.15) is 4.39 Å². The van der Waals surface area contributed by atoms with Crippen molar-refractivity contribution in [2.75, 3.05) is 6.61 Å².